The monoisotopic (exact) mass is 329 g/mol. The first kappa shape index (κ1) is 15.6. The van der Waals surface area contributed by atoms with Gasteiger partial charge in [0, 0.05) is 31.7 Å². The number of hydrogen-bond donors (Lipinski definition) is 2. The van der Waals surface area contributed by atoms with Gasteiger partial charge >= 0.3 is 6.03 Å². The second-order valence-electron chi connectivity index (χ2n) is 5.49. The molecule has 23 heavy (non-hydrogen) atoms. The van der Waals surface area contributed by atoms with Crippen molar-refractivity contribution in [2.24, 2.45) is 0 Å². The van der Waals surface area contributed by atoms with E-state index in [4.69, 9.17) is 0 Å². The average molecular weight is 329 g/mol. The fraction of sp³-hybridized carbons (Fsp3) is 0.294. The molecule has 1 aliphatic rings. The van der Waals surface area contributed by atoms with E-state index in [1.165, 1.54) is 5.56 Å². The SMILES string of the molecule is O=C(CCc1ccsc1)Nc1ccccc1CN1CCNC1=O. The predicted octanol–water partition coefficient (Wildman–Crippen LogP) is 2.84. The minimum Gasteiger partial charge on any atom is -0.336 e. The summed E-state index contributed by atoms with van der Waals surface area (Å²) in [6.45, 7) is 1.88. The molecule has 0 atom stereocenters. The second kappa shape index (κ2) is 7.28. The van der Waals surface area contributed by atoms with Crippen molar-refractivity contribution >= 4 is 29.0 Å². The zero-order valence-corrected chi connectivity index (χ0v) is 13.6. The van der Waals surface area contributed by atoms with Crippen LogP contribution in [0.4, 0.5) is 10.5 Å². The highest BCUT2D eigenvalue weighted by Gasteiger charge is 2.20. The molecule has 0 saturated carbocycles. The summed E-state index contributed by atoms with van der Waals surface area (Å²) < 4.78 is 0. The third-order valence-corrected chi connectivity index (χ3v) is 4.55. The molecule has 2 N–H and O–H groups in total. The molecule has 0 radical (unpaired) electrons. The van der Waals surface area contributed by atoms with Crippen LogP contribution in [-0.4, -0.2) is 29.9 Å². The van der Waals surface area contributed by atoms with Gasteiger partial charge in [0.15, 0.2) is 0 Å². The van der Waals surface area contributed by atoms with Gasteiger partial charge in [-0.2, -0.15) is 11.3 Å². The molecule has 0 spiro atoms. The molecule has 6 heteroatoms. The van der Waals surface area contributed by atoms with Crippen LogP contribution in [0.2, 0.25) is 0 Å². The minimum absolute atomic E-state index is 0.00507. The summed E-state index contributed by atoms with van der Waals surface area (Å²) in [6, 6.07) is 9.62. The number of nitrogens with zero attached hydrogens (tertiary/aromatic N) is 1. The van der Waals surface area contributed by atoms with Crippen molar-refractivity contribution in [3.63, 3.8) is 0 Å². The Morgan fingerprint density at radius 1 is 1.30 bits per heavy atom. The van der Waals surface area contributed by atoms with Gasteiger partial charge in [-0.3, -0.25) is 4.79 Å². The zero-order valence-electron chi connectivity index (χ0n) is 12.7. The molecule has 2 aromatic rings. The van der Waals surface area contributed by atoms with Crippen molar-refractivity contribution in [2.75, 3.05) is 18.4 Å². The fourth-order valence-corrected chi connectivity index (χ4v) is 3.26. The maximum Gasteiger partial charge on any atom is 0.317 e. The maximum absolute atomic E-state index is 12.2. The van der Waals surface area contributed by atoms with Crippen molar-refractivity contribution in [1.29, 1.82) is 0 Å². The Kier molecular flexibility index (Phi) is 4.92. The summed E-state index contributed by atoms with van der Waals surface area (Å²) in [5, 5.41) is 9.83. The number of aryl methyl sites for hydroxylation is 1. The molecule has 2 heterocycles. The normalized spacial score (nSPS) is 13.9. The Hall–Kier alpha value is -2.34. The van der Waals surface area contributed by atoms with E-state index in [2.05, 4.69) is 16.0 Å². The highest BCUT2D eigenvalue weighted by Crippen LogP contribution is 2.19. The largest absolute Gasteiger partial charge is 0.336 e. The van der Waals surface area contributed by atoms with Crippen molar-refractivity contribution < 1.29 is 9.59 Å². The number of anilines is 1. The molecular weight excluding hydrogens is 310 g/mol. The molecule has 1 aromatic carbocycles. The third kappa shape index (κ3) is 4.10. The van der Waals surface area contributed by atoms with Crippen LogP contribution in [0, 0.1) is 0 Å². The van der Waals surface area contributed by atoms with E-state index in [1.54, 1.807) is 16.2 Å². The van der Waals surface area contributed by atoms with Crippen LogP contribution in [0.5, 0.6) is 0 Å². The van der Waals surface area contributed by atoms with E-state index in [-0.39, 0.29) is 11.9 Å². The fourth-order valence-electron chi connectivity index (χ4n) is 2.55. The molecule has 3 amide bonds. The van der Waals surface area contributed by atoms with Crippen LogP contribution < -0.4 is 10.6 Å². The Balaban J connectivity index is 1.60. The molecule has 5 nitrogen and oxygen atoms in total. The van der Waals surface area contributed by atoms with E-state index in [9.17, 15) is 9.59 Å². The Labute approximate surface area is 139 Å². The molecule has 120 valence electrons. The lowest BCUT2D eigenvalue weighted by atomic mass is 10.1. The van der Waals surface area contributed by atoms with Gasteiger partial charge in [0.1, 0.15) is 0 Å². The molecule has 1 fully saturated rings. The van der Waals surface area contributed by atoms with Gasteiger partial charge in [0.2, 0.25) is 5.91 Å². The number of benzene rings is 1. The Morgan fingerprint density at radius 2 is 2.17 bits per heavy atom. The smallest absolute Gasteiger partial charge is 0.317 e. The van der Waals surface area contributed by atoms with Gasteiger partial charge in [-0.1, -0.05) is 18.2 Å². The standard InChI is InChI=1S/C17H19N3O2S/c21-16(6-5-13-7-10-23-12-13)19-15-4-2-1-3-14(15)11-20-9-8-18-17(20)22/h1-4,7,10,12H,5-6,8-9,11H2,(H,18,22)(H,19,21). The van der Waals surface area contributed by atoms with Gasteiger partial charge in [-0.15, -0.1) is 0 Å². The lowest BCUT2D eigenvalue weighted by Gasteiger charge is -2.17. The van der Waals surface area contributed by atoms with E-state index in [1.807, 2.05) is 35.7 Å². The first-order valence-corrected chi connectivity index (χ1v) is 8.58. The third-order valence-electron chi connectivity index (χ3n) is 3.82. The number of carbonyl (C=O) groups excluding carboxylic acids is 2. The molecule has 1 saturated heterocycles. The summed E-state index contributed by atoms with van der Waals surface area (Å²) in [6.07, 6.45) is 1.20. The van der Waals surface area contributed by atoms with E-state index in [0.29, 0.717) is 26.1 Å². The van der Waals surface area contributed by atoms with E-state index >= 15 is 0 Å². The zero-order chi connectivity index (χ0) is 16.1. The Bertz CT molecular complexity index is 685. The van der Waals surface area contributed by atoms with E-state index in [0.717, 1.165) is 17.7 Å². The van der Waals surface area contributed by atoms with Crippen molar-refractivity contribution in [3.05, 3.63) is 52.2 Å². The molecular formula is C17H19N3O2S. The lowest BCUT2D eigenvalue weighted by Crippen LogP contribution is -2.28. The number of nitrogens with one attached hydrogen (secondary N) is 2. The second-order valence-corrected chi connectivity index (χ2v) is 6.27. The highest BCUT2D eigenvalue weighted by molar-refractivity contribution is 7.07. The molecule has 0 bridgehead atoms. The number of urea groups is 1. The van der Waals surface area contributed by atoms with Gasteiger partial charge in [-0.25, -0.2) is 4.79 Å². The van der Waals surface area contributed by atoms with Crippen LogP contribution in [0.3, 0.4) is 0 Å². The number of rotatable bonds is 6. The van der Waals surface area contributed by atoms with Gasteiger partial charge < -0.3 is 15.5 Å². The van der Waals surface area contributed by atoms with Crippen molar-refractivity contribution in [1.82, 2.24) is 10.2 Å². The van der Waals surface area contributed by atoms with Crippen LogP contribution in [0.15, 0.2) is 41.1 Å². The van der Waals surface area contributed by atoms with Gasteiger partial charge in [-0.05, 0) is 40.4 Å². The first-order valence-electron chi connectivity index (χ1n) is 7.64. The summed E-state index contributed by atoms with van der Waals surface area (Å²) in [7, 11) is 0. The number of amides is 3. The summed E-state index contributed by atoms with van der Waals surface area (Å²) in [4.78, 5) is 25.6. The first-order chi connectivity index (χ1) is 11.2. The van der Waals surface area contributed by atoms with Crippen LogP contribution in [0.1, 0.15) is 17.5 Å². The van der Waals surface area contributed by atoms with Crippen LogP contribution in [0.25, 0.3) is 0 Å². The number of para-hydroxylation sites is 1. The predicted molar refractivity (Wildman–Crippen MR) is 91.5 cm³/mol. The quantitative estimate of drug-likeness (QED) is 0.856. The van der Waals surface area contributed by atoms with Crippen molar-refractivity contribution in [2.45, 2.75) is 19.4 Å². The van der Waals surface area contributed by atoms with Crippen molar-refractivity contribution in [3.8, 4) is 0 Å². The Morgan fingerprint density at radius 3 is 2.91 bits per heavy atom. The van der Waals surface area contributed by atoms with Gasteiger partial charge in [0.25, 0.3) is 0 Å². The topological polar surface area (TPSA) is 61.4 Å². The average Bonchev–Trinajstić information content (AvgIpc) is 3.20. The summed E-state index contributed by atoms with van der Waals surface area (Å²) >= 11 is 1.64. The summed E-state index contributed by atoms with van der Waals surface area (Å²) in [5.41, 5.74) is 2.92. The van der Waals surface area contributed by atoms with Crippen LogP contribution in [-0.2, 0) is 17.8 Å². The molecule has 1 aromatic heterocycles. The number of hydrogen-bond acceptors (Lipinski definition) is 3. The van der Waals surface area contributed by atoms with Gasteiger partial charge in [0.05, 0.1) is 0 Å². The molecule has 0 aliphatic carbocycles. The van der Waals surface area contributed by atoms with E-state index < -0.39 is 0 Å². The number of carbonyl (C=O) groups is 2. The molecule has 3 rings (SSSR count). The maximum atomic E-state index is 12.2. The molecule has 1 aliphatic heterocycles. The minimum atomic E-state index is -0.0522. The highest BCUT2D eigenvalue weighted by atomic mass is 32.1. The number of thiophene rings is 1. The summed E-state index contributed by atoms with van der Waals surface area (Å²) in [5.74, 6) is -0.00507. The molecule has 0 unspecified atom stereocenters. The lowest BCUT2D eigenvalue weighted by molar-refractivity contribution is -0.116. The van der Waals surface area contributed by atoms with Crippen LogP contribution >= 0.6 is 11.3 Å².